The fourth-order valence-corrected chi connectivity index (χ4v) is 4.30. The van der Waals surface area contributed by atoms with Crippen molar-refractivity contribution in [1.29, 1.82) is 0 Å². The van der Waals surface area contributed by atoms with Crippen molar-refractivity contribution >= 4 is 17.5 Å². The Hall–Kier alpha value is -2.48. The fraction of sp³-hybridized carbons (Fsp3) is 0.600. The minimum Gasteiger partial charge on any atom is -0.352 e. The molecule has 0 aliphatic carbocycles. The Bertz CT molecular complexity index is 834. The van der Waals surface area contributed by atoms with E-state index in [4.69, 9.17) is 0 Å². The Kier molecular flexibility index (Phi) is 5.57. The molecule has 2 saturated heterocycles. The molecular weight excluding hydrogens is 356 g/mol. The highest BCUT2D eigenvalue weighted by molar-refractivity contribution is 5.78. The third-order valence-corrected chi connectivity index (χ3v) is 5.97. The maximum atomic E-state index is 12.4. The van der Waals surface area contributed by atoms with E-state index in [2.05, 4.69) is 24.8 Å². The van der Waals surface area contributed by atoms with E-state index in [0.29, 0.717) is 12.5 Å². The molecule has 2 aromatic heterocycles. The average Bonchev–Trinajstić information content (AvgIpc) is 3.13. The first kappa shape index (κ1) is 18.9. The maximum Gasteiger partial charge on any atom is 0.234 e. The van der Waals surface area contributed by atoms with Crippen LogP contribution in [0.4, 0.5) is 0 Å². The van der Waals surface area contributed by atoms with Crippen molar-refractivity contribution < 1.29 is 9.59 Å². The number of nitrogens with one attached hydrogen (secondary N) is 1. The molecule has 0 spiro atoms. The molecular formula is C20H28N6O2. The topological polar surface area (TPSA) is 82.8 Å². The molecule has 2 aliphatic rings. The number of hydrogen-bond donors (Lipinski definition) is 1. The lowest BCUT2D eigenvalue weighted by atomic mass is 9.96. The summed E-state index contributed by atoms with van der Waals surface area (Å²) >= 11 is 0. The number of amides is 2. The number of hydrogen-bond acceptors (Lipinski definition) is 5. The highest BCUT2D eigenvalue weighted by Gasteiger charge is 2.27. The van der Waals surface area contributed by atoms with E-state index in [1.54, 1.807) is 6.92 Å². The molecule has 8 nitrogen and oxygen atoms in total. The minimum atomic E-state index is 0.0904. The van der Waals surface area contributed by atoms with Gasteiger partial charge in [-0.05, 0) is 50.9 Å². The first-order chi connectivity index (χ1) is 13.6. The van der Waals surface area contributed by atoms with Gasteiger partial charge in [-0.2, -0.15) is 0 Å². The van der Waals surface area contributed by atoms with Gasteiger partial charge in [-0.25, -0.2) is 0 Å². The van der Waals surface area contributed by atoms with Crippen molar-refractivity contribution in [3.63, 3.8) is 0 Å². The summed E-state index contributed by atoms with van der Waals surface area (Å²) in [5.74, 6) is 1.62. The summed E-state index contributed by atoms with van der Waals surface area (Å²) in [4.78, 5) is 27.9. The largest absolute Gasteiger partial charge is 0.352 e. The van der Waals surface area contributed by atoms with Gasteiger partial charge < -0.3 is 10.2 Å². The number of rotatable bonds is 4. The molecule has 4 heterocycles. The Morgan fingerprint density at radius 2 is 1.82 bits per heavy atom. The van der Waals surface area contributed by atoms with E-state index in [1.165, 1.54) is 0 Å². The first-order valence-corrected chi connectivity index (χ1v) is 10.2. The SMILES string of the molecule is CC(=O)N1CCC(NC(=O)CN2CCC(c3nnc4ccccn34)CC2)CC1. The van der Waals surface area contributed by atoms with Crippen molar-refractivity contribution in [3.05, 3.63) is 30.2 Å². The summed E-state index contributed by atoms with van der Waals surface area (Å²) in [5.41, 5.74) is 0.884. The molecule has 28 heavy (non-hydrogen) atoms. The van der Waals surface area contributed by atoms with Crippen molar-refractivity contribution in [3.8, 4) is 0 Å². The smallest absolute Gasteiger partial charge is 0.234 e. The van der Waals surface area contributed by atoms with Gasteiger partial charge in [0.15, 0.2) is 5.65 Å². The van der Waals surface area contributed by atoms with Gasteiger partial charge >= 0.3 is 0 Å². The van der Waals surface area contributed by atoms with Crippen LogP contribution < -0.4 is 5.32 Å². The predicted octanol–water partition coefficient (Wildman–Crippen LogP) is 1.04. The molecule has 2 amide bonds. The lowest BCUT2D eigenvalue weighted by molar-refractivity contribution is -0.130. The van der Waals surface area contributed by atoms with Crippen molar-refractivity contribution in [1.82, 2.24) is 29.7 Å². The van der Waals surface area contributed by atoms with Crippen molar-refractivity contribution in [2.75, 3.05) is 32.7 Å². The number of pyridine rings is 1. The van der Waals surface area contributed by atoms with Gasteiger partial charge in [-0.3, -0.25) is 18.9 Å². The van der Waals surface area contributed by atoms with E-state index in [1.807, 2.05) is 29.3 Å². The normalized spacial score (nSPS) is 19.8. The number of likely N-dealkylation sites (tertiary alicyclic amines) is 2. The van der Waals surface area contributed by atoms with Gasteiger partial charge in [-0.1, -0.05) is 6.07 Å². The van der Waals surface area contributed by atoms with Crippen LogP contribution in [0.5, 0.6) is 0 Å². The van der Waals surface area contributed by atoms with E-state index in [0.717, 1.165) is 63.3 Å². The van der Waals surface area contributed by atoms with E-state index >= 15 is 0 Å². The summed E-state index contributed by atoms with van der Waals surface area (Å²) in [7, 11) is 0. The average molecular weight is 384 g/mol. The van der Waals surface area contributed by atoms with Crippen LogP contribution in [0.1, 0.15) is 44.3 Å². The highest BCUT2D eigenvalue weighted by Crippen LogP contribution is 2.26. The van der Waals surface area contributed by atoms with Crippen LogP contribution in [0.25, 0.3) is 5.65 Å². The van der Waals surface area contributed by atoms with Crippen molar-refractivity contribution in [2.45, 2.75) is 44.6 Å². The Morgan fingerprint density at radius 1 is 1.07 bits per heavy atom. The molecule has 150 valence electrons. The van der Waals surface area contributed by atoms with Crippen LogP contribution in [-0.4, -0.2) is 75.0 Å². The summed E-state index contributed by atoms with van der Waals surface area (Å²) in [6, 6.07) is 6.12. The third kappa shape index (κ3) is 4.16. The molecule has 2 aromatic rings. The third-order valence-electron chi connectivity index (χ3n) is 5.97. The zero-order chi connectivity index (χ0) is 19.5. The second-order valence-electron chi connectivity index (χ2n) is 7.89. The lowest BCUT2D eigenvalue weighted by Gasteiger charge is -2.33. The number of nitrogens with zero attached hydrogens (tertiary/aromatic N) is 5. The zero-order valence-corrected chi connectivity index (χ0v) is 16.4. The second-order valence-corrected chi connectivity index (χ2v) is 7.89. The molecule has 0 unspecified atom stereocenters. The number of fused-ring (bicyclic) bond motifs is 1. The molecule has 2 aliphatic heterocycles. The molecule has 0 atom stereocenters. The summed E-state index contributed by atoms with van der Waals surface area (Å²) in [6.45, 7) is 5.30. The van der Waals surface area contributed by atoms with Crippen LogP contribution in [-0.2, 0) is 9.59 Å². The fourth-order valence-electron chi connectivity index (χ4n) is 4.30. The number of aromatic nitrogens is 3. The standard InChI is InChI=1S/C20H28N6O2/c1-15(27)25-12-7-17(8-13-25)21-19(28)14-24-10-5-16(6-11-24)20-23-22-18-4-2-3-9-26(18)20/h2-4,9,16-17H,5-8,10-14H2,1H3,(H,21,28). The second kappa shape index (κ2) is 8.26. The van der Waals surface area contributed by atoms with Gasteiger partial charge in [0.25, 0.3) is 0 Å². The molecule has 0 aromatic carbocycles. The van der Waals surface area contributed by atoms with E-state index in [9.17, 15) is 9.59 Å². The van der Waals surface area contributed by atoms with Gasteiger partial charge in [0, 0.05) is 38.2 Å². The Morgan fingerprint density at radius 3 is 2.54 bits per heavy atom. The molecule has 1 N–H and O–H groups in total. The summed E-state index contributed by atoms with van der Waals surface area (Å²) < 4.78 is 2.07. The highest BCUT2D eigenvalue weighted by atomic mass is 16.2. The number of piperidine rings is 2. The molecule has 4 rings (SSSR count). The van der Waals surface area contributed by atoms with Crippen LogP contribution in [0.2, 0.25) is 0 Å². The van der Waals surface area contributed by atoms with Crippen LogP contribution in [0, 0.1) is 0 Å². The number of carbonyl (C=O) groups is 2. The van der Waals surface area contributed by atoms with Gasteiger partial charge in [0.1, 0.15) is 5.82 Å². The minimum absolute atomic E-state index is 0.0904. The predicted molar refractivity (Wildman–Crippen MR) is 105 cm³/mol. The monoisotopic (exact) mass is 384 g/mol. The van der Waals surface area contributed by atoms with Crippen LogP contribution >= 0.6 is 0 Å². The van der Waals surface area contributed by atoms with Gasteiger partial charge in [0.05, 0.1) is 6.54 Å². The lowest BCUT2D eigenvalue weighted by Crippen LogP contribution is -2.49. The van der Waals surface area contributed by atoms with Crippen LogP contribution in [0.3, 0.4) is 0 Å². The quantitative estimate of drug-likeness (QED) is 0.852. The summed E-state index contributed by atoms with van der Waals surface area (Å²) in [6.07, 6.45) is 5.67. The molecule has 0 radical (unpaired) electrons. The molecule has 2 fully saturated rings. The summed E-state index contributed by atoms with van der Waals surface area (Å²) in [5, 5.41) is 11.8. The van der Waals surface area contributed by atoms with Crippen LogP contribution in [0.15, 0.2) is 24.4 Å². The van der Waals surface area contributed by atoms with Gasteiger partial charge in [-0.15, -0.1) is 10.2 Å². The first-order valence-electron chi connectivity index (χ1n) is 10.2. The van der Waals surface area contributed by atoms with Gasteiger partial charge in [0.2, 0.25) is 11.8 Å². The Balaban J connectivity index is 1.23. The number of carbonyl (C=O) groups excluding carboxylic acids is 2. The molecule has 0 saturated carbocycles. The molecule has 8 heteroatoms. The van der Waals surface area contributed by atoms with Crippen molar-refractivity contribution in [2.24, 2.45) is 0 Å². The van der Waals surface area contributed by atoms with E-state index in [-0.39, 0.29) is 17.9 Å². The molecule has 0 bridgehead atoms. The maximum absolute atomic E-state index is 12.4. The zero-order valence-electron chi connectivity index (χ0n) is 16.4. The Labute approximate surface area is 164 Å². The van der Waals surface area contributed by atoms with E-state index < -0.39 is 0 Å².